The van der Waals surface area contributed by atoms with Crippen molar-refractivity contribution in [2.24, 2.45) is 17.8 Å². The van der Waals surface area contributed by atoms with Crippen LogP contribution < -0.4 is 0 Å². The van der Waals surface area contributed by atoms with E-state index >= 15 is 0 Å². The summed E-state index contributed by atoms with van der Waals surface area (Å²) < 4.78 is 0. The van der Waals surface area contributed by atoms with E-state index in [0.29, 0.717) is 6.54 Å². The van der Waals surface area contributed by atoms with E-state index in [1.165, 1.54) is 24.8 Å². The molecule has 0 spiro atoms. The van der Waals surface area contributed by atoms with Crippen LogP contribution in [0.5, 0.6) is 5.75 Å². The molecule has 2 aromatic carbocycles. The van der Waals surface area contributed by atoms with Crippen LogP contribution in [-0.2, 0) is 6.42 Å². The van der Waals surface area contributed by atoms with Gasteiger partial charge in [0.05, 0.1) is 6.10 Å². The van der Waals surface area contributed by atoms with Crippen LogP contribution in [0.4, 0.5) is 0 Å². The van der Waals surface area contributed by atoms with Crippen molar-refractivity contribution in [3.63, 3.8) is 0 Å². The number of aromatic hydroxyl groups is 1. The van der Waals surface area contributed by atoms with E-state index in [2.05, 4.69) is 35.2 Å². The van der Waals surface area contributed by atoms with Crippen LogP contribution >= 0.6 is 0 Å². The second kappa shape index (κ2) is 7.19. The van der Waals surface area contributed by atoms with Crippen LogP contribution in [0.15, 0.2) is 54.6 Å². The highest BCUT2D eigenvalue weighted by molar-refractivity contribution is 5.27. The lowest BCUT2D eigenvalue weighted by molar-refractivity contribution is 0.120. The summed E-state index contributed by atoms with van der Waals surface area (Å²) in [5.74, 6) is 2.65. The van der Waals surface area contributed by atoms with Crippen molar-refractivity contribution in [3.8, 4) is 5.75 Å². The minimum atomic E-state index is -0.473. The van der Waals surface area contributed by atoms with Gasteiger partial charge in [-0.05, 0) is 60.3 Å². The summed E-state index contributed by atoms with van der Waals surface area (Å²) in [6, 6.07) is 17.8. The Hall–Kier alpha value is -1.84. The van der Waals surface area contributed by atoms with E-state index in [-0.39, 0.29) is 5.75 Å². The van der Waals surface area contributed by atoms with E-state index in [0.717, 1.165) is 36.4 Å². The van der Waals surface area contributed by atoms with E-state index < -0.39 is 6.10 Å². The molecular weight excluding hydrogens is 310 g/mol. The van der Waals surface area contributed by atoms with E-state index in [4.69, 9.17) is 0 Å². The number of β-amino-alcohol motifs (C(OH)–C–C–N with tert-alkyl or cyclic N) is 1. The molecule has 0 radical (unpaired) electrons. The zero-order valence-corrected chi connectivity index (χ0v) is 14.6. The molecule has 3 heteroatoms. The molecule has 2 N–H and O–H groups in total. The number of aliphatic hydroxyl groups excluding tert-OH is 1. The summed E-state index contributed by atoms with van der Waals surface area (Å²) in [5, 5.41) is 19.8. The number of phenols is 1. The normalized spacial score (nSPS) is 25.2. The van der Waals surface area contributed by atoms with Crippen molar-refractivity contribution in [2.45, 2.75) is 25.4 Å². The van der Waals surface area contributed by atoms with Crippen LogP contribution in [0.25, 0.3) is 0 Å². The summed E-state index contributed by atoms with van der Waals surface area (Å²) in [5.41, 5.74) is 2.35. The Morgan fingerprint density at radius 2 is 1.56 bits per heavy atom. The molecule has 1 aliphatic heterocycles. The molecular formula is C22H27NO2. The number of phenolic OH excluding ortho intramolecular Hbond substituents is 1. The zero-order chi connectivity index (χ0) is 17.2. The third-order valence-corrected chi connectivity index (χ3v) is 6.00. The van der Waals surface area contributed by atoms with Gasteiger partial charge in [-0.15, -0.1) is 0 Å². The number of benzene rings is 2. The lowest BCUT2D eigenvalue weighted by Crippen LogP contribution is -2.28. The molecule has 25 heavy (non-hydrogen) atoms. The van der Waals surface area contributed by atoms with Gasteiger partial charge >= 0.3 is 0 Å². The first-order valence-electron chi connectivity index (χ1n) is 9.40. The van der Waals surface area contributed by atoms with Crippen molar-refractivity contribution in [1.29, 1.82) is 0 Å². The summed E-state index contributed by atoms with van der Waals surface area (Å²) in [4.78, 5) is 2.42. The Balaban J connectivity index is 1.28. The molecule has 2 aliphatic rings. The SMILES string of the molecule is Oc1ccc([C@H](O)CN2C[C@H]3CC(Cc4ccccc4)C[C@@H]3C2)cc1. The summed E-state index contributed by atoms with van der Waals surface area (Å²) in [6.45, 7) is 2.93. The average molecular weight is 337 g/mol. The van der Waals surface area contributed by atoms with Gasteiger partial charge in [-0.1, -0.05) is 42.5 Å². The standard InChI is InChI=1S/C22H27NO2/c24-21-8-6-18(7-9-21)22(25)15-23-13-19-11-17(12-20(19)14-23)10-16-4-2-1-3-5-16/h1-9,17,19-20,22,24-25H,10-15H2/t19-,20-,22-/m1/s1. The van der Waals surface area contributed by atoms with Crippen LogP contribution in [-0.4, -0.2) is 34.7 Å². The fourth-order valence-corrected chi connectivity index (χ4v) is 4.83. The Morgan fingerprint density at radius 3 is 2.20 bits per heavy atom. The first-order chi connectivity index (χ1) is 12.2. The maximum absolute atomic E-state index is 10.5. The predicted octanol–water partition coefficient (Wildman–Crippen LogP) is 3.63. The van der Waals surface area contributed by atoms with Crippen molar-refractivity contribution in [1.82, 2.24) is 4.90 Å². The Labute approximate surface area is 149 Å². The van der Waals surface area contributed by atoms with Crippen molar-refractivity contribution in [2.75, 3.05) is 19.6 Å². The quantitative estimate of drug-likeness (QED) is 0.876. The molecule has 4 rings (SSSR count). The van der Waals surface area contributed by atoms with Gasteiger partial charge in [-0.2, -0.15) is 0 Å². The third-order valence-electron chi connectivity index (χ3n) is 6.00. The topological polar surface area (TPSA) is 43.7 Å². The number of hydrogen-bond donors (Lipinski definition) is 2. The number of nitrogens with zero attached hydrogens (tertiary/aromatic N) is 1. The lowest BCUT2D eigenvalue weighted by Gasteiger charge is -2.22. The van der Waals surface area contributed by atoms with Gasteiger partial charge in [0.2, 0.25) is 0 Å². The molecule has 0 aromatic heterocycles. The lowest BCUT2D eigenvalue weighted by atomic mass is 9.96. The monoisotopic (exact) mass is 337 g/mol. The Bertz CT molecular complexity index is 671. The van der Waals surface area contributed by atoms with E-state index in [1.54, 1.807) is 12.1 Å². The highest BCUT2D eigenvalue weighted by atomic mass is 16.3. The third kappa shape index (κ3) is 3.88. The Morgan fingerprint density at radius 1 is 0.920 bits per heavy atom. The van der Waals surface area contributed by atoms with E-state index in [1.807, 2.05) is 12.1 Å². The average Bonchev–Trinajstić information content (AvgIpc) is 3.14. The zero-order valence-electron chi connectivity index (χ0n) is 14.6. The van der Waals surface area contributed by atoms with Crippen LogP contribution in [0.2, 0.25) is 0 Å². The van der Waals surface area contributed by atoms with Crippen molar-refractivity contribution >= 4 is 0 Å². The fourth-order valence-electron chi connectivity index (χ4n) is 4.83. The maximum Gasteiger partial charge on any atom is 0.115 e. The Kier molecular flexibility index (Phi) is 4.78. The van der Waals surface area contributed by atoms with Gasteiger partial charge in [0.15, 0.2) is 0 Å². The van der Waals surface area contributed by atoms with Gasteiger partial charge < -0.3 is 10.2 Å². The molecule has 2 aromatic rings. The van der Waals surface area contributed by atoms with Gasteiger partial charge in [0.1, 0.15) is 5.75 Å². The number of hydrogen-bond acceptors (Lipinski definition) is 3. The van der Waals surface area contributed by atoms with Gasteiger partial charge in [-0.25, -0.2) is 0 Å². The van der Waals surface area contributed by atoms with Crippen molar-refractivity contribution < 1.29 is 10.2 Å². The molecule has 1 heterocycles. The highest BCUT2D eigenvalue weighted by Crippen LogP contribution is 2.43. The molecule has 132 valence electrons. The van der Waals surface area contributed by atoms with E-state index in [9.17, 15) is 10.2 Å². The van der Waals surface area contributed by atoms with Gasteiger partial charge in [0.25, 0.3) is 0 Å². The van der Waals surface area contributed by atoms with Crippen LogP contribution in [0, 0.1) is 17.8 Å². The second-order valence-corrected chi connectivity index (χ2v) is 7.87. The molecule has 3 atom stereocenters. The first kappa shape index (κ1) is 16.6. The fraction of sp³-hybridized carbons (Fsp3) is 0.455. The van der Waals surface area contributed by atoms with Crippen LogP contribution in [0.3, 0.4) is 0 Å². The summed E-state index contributed by atoms with van der Waals surface area (Å²) >= 11 is 0. The van der Waals surface area contributed by atoms with Crippen molar-refractivity contribution in [3.05, 3.63) is 65.7 Å². The number of fused-ring (bicyclic) bond motifs is 1. The number of likely N-dealkylation sites (tertiary alicyclic amines) is 1. The van der Waals surface area contributed by atoms with Crippen LogP contribution in [0.1, 0.15) is 30.1 Å². The summed E-state index contributed by atoms with van der Waals surface area (Å²) in [6.07, 6.45) is 3.39. The molecule has 0 amide bonds. The molecule has 1 saturated heterocycles. The first-order valence-corrected chi connectivity index (χ1v) is 9.40. The minimum Gasteiger partial charge on any atom is -0.508 e. The second-order valence-electron chi connectivity index (χ2n) is 7.87. The van der Waals surface area contributed by atoms with Gasteiger partial charge in [0, 0.05) is 19.6 Å². The molecule has 3 nitrogen and oxygen atoms in total. The highest BCUT2D eigenvalue weighted by Gasteiger charge is 2.40. The molecule has 1 saturated carbocycles. The predicted molar refractivity (Wildman–Crippen MR) is 99.4 cm³/mol. The molecule has 2 fully saturated rings. The molecule has 1 aliphatic carbocycles. The number of rotatable bonds is 5. The van der Waals surface area contributed by atoms with Gasteiger partial charge in [-0.3, -0.25) is 4.90 Å². The number of aliphatic hydroxyl groups is 1. The summed E-state index contributed by atoms with van der Waals surface area (Å²) in [7, 11) is 0. The smallest absolute Gasteiger partial charge is 0.115 e. The molecule has 0 unspecified atom stereocenters. The molecule has 0 bridgehead atoms. The largest absolute Gasteiger partial charge is 0.508 e. The minimum absolute atomic E-state index is 0.246. The maximum atomic E-state index is 10.5.